The number of thiocarbonyl (C=S) groups is 1. The van der Waals surface area contributed by atoms with E-state index in [0.29, 0.717) is 11.1 Å². The first-order chi connectivity index (χ1) is 8.97. The molecule has 2 aromatic rings. The Morgan fingerprint density at radius 3 is 2.84 bits per heavy atom. The molecular formula is C13H12FN3OS. The number of aryl methyl sites for hydroxylation is 1. The van der Waals surface area contributed by atoms with Crippen molar-refractivity contribution in [2.75, 3.05) is 0 Å². The Kier molecular flexibility index (Phi) is 3.71. The van der Waals surface area contributed by atoms with Crippen LogP contribution in [-0.2, 0) is 6.54 Å². The third kappa shape index (κ3) is 3.03. The zero-order valence-electron chi connectivity index (χ0n) is 10.3. The molecule has 4 nitrogen and oxygen atoms in total. The van der Waals surface area contributed by atoms with Gasteiger partial charge in [0.05, 0.1) is 12.2 Å². The smallest absolute Gasteiger partial charge is 0.267 e. The van der Waals surface area contributed by atoms with Gasteiger partial charge < -0.3 is 5.73 Å². The van der Waals surface area contributed by atoms with Crippen LogP contribution in [-0.4, -0.2) is 14.8 Å². The minimum Gasteiger partial charge on any atom is -0.389 e. The van der Waals surface area contributed by atoms with Crippen LogP contribution in [0.15, 0.2) is 35.1 Å². The number of aromatic nitrogens is 2. The lowest BCUT2D eigenvalue weighted by molar-refractivity contribution is 0.614. The minimum atomic E-state index is -0.420. The van der Waals surface area contributed by atoms with E-state index in [-0.39, 0.29) is 17.1 Å². The highest BCUT2D eigenvalue weighted by Crippen LogP contribution is 2.12. The summed E-state index contributed by atoms with van der Waals surface area (Å²) < 4.78 is 14.5. The van der Waals surface area contributed by atoms with Gasteiger partial charge in [-0.05, 0) is 30.7 Å². The molecule has 1 aromatic carbocycles. The molecule has 98 valence electrons. The molecule has 0 atom stereocenters. The highest BCUT2D eigenvalue weighted by molar-refractivity contribution is 7.80. The first-order valence-corrected chi connectivity index (χ1v) is 6.01. The molecule has 6 heteroatoms. The molecule has 1 aromatic heterocycles. The van der Waals surface area contributed by atoms with E-state index in [0.717, 1.165) is 5.69 Å². The van der Waals surface area contributed by atoms with Crippen LogP contribution in [0.5, 0.6) is 0 Å². The van der Waals surface area contributed by atoms with Crippen LogP contribution in [0.2, 0.25) is 0 Å². The van der Waals surface area contributed by atoms with Crippen LogP contribution in [0.3, 0.4) is 0 Å². The van der Waals surface area contributed by atoms with Crippen LogP contribution in [0.4, 0.5) is 4.39 Å². The van der Waals surface area contributed by atoms with Crippen molar-refractivity contribution >= 4 is 17.2 Å². The van der Waals surface area contributed by atoms with Crippen LogP contribution in [0, 0.1) is 12.7 Å². The highest BCUT2D eigenvalue weighted by atomic mass is 32.1. The Labute approximate surface area is 114 Å². The van der Waals surface area contributed by atoms with E-state index in [1.54, 1.807) is 19.1 Å². The van der Waals surface area contributed by atoms with Gasteiger partial charge in [0.2, 0.25) is 0 Å². The topological polar surface area (TPSA) is 60.9 Å². The quantitative estimate of drug-likeness (QED) is 0.861. The fraction of sp³-hybridized carbons (Fsp3) is 0.154. The largest absolute Gasteiger partial charge is 0.389 e. The first-order valence-electron chi connectivity index (χ1n) is 5.60. The summed E-state index contributed by atoms with van der Waals surface area (Å²) in [6, 6.07) is 7.20. The lowest BCUT2D eigenvalue weighted by atomic mass is 10.1. The van der Waals surface area contributed by atoms with Crippen LogP contribution >= 0.6 is 12.2 Å². The molecule has 2 rings (SSSR count). The fourth-order valence-corrected chi connectivity index (χ4v) is 1.93. The van der Waals surface area contributed by atoms with Crippen molar-refractivity contribution in [2.45, 2.75) is 13.5 Å². The average molecular weight is 277 g/mol. The lowest BCUT2D eigenvalue weighted by Gasteiger charge is -2.10. The van der Waals surface area contributed by atoms with Crippen LogP contribution in [0.25, 0.3) is 0 Å². The highest BCUT2D eigenvalue weighted by Gasteiger charge is 2.09. The summed E-state index contributed by atoms with van der Waals surface area (Å²) in [6.45, 7) is 1.99. The van der Waals surface area contributed by atoms with E-state index in [1.165, 1.54) is 22.9 Å². The predicted molar refractivity (Wildman–Crippen MR) is 74.6 cm³/mol. The third-order valence-electron chi connectivity index (χ3n) is 2.66. The van der Waals surface area contributed by atoms with E-state index in [2.05, 4.69) is 5.10 Å². The summed E-state index contributed by atoms with van der Waals surface area (Å²) in [4.78, 5) is 11.8. The van der Waals surface area contributed by atoms with Gasteiger partial charge in [-0.3, -0.25) is 4.79 Å². The normalized spacial score (nSPS) is 10.4. The summed E-state index contributed by atoms with van der Waals surface area (Å²) in [7, 11) is 0. The lowest BCUT2D eigenvalue weighted by Crippen LogP contribution is -2.24. The Hall–Kier alpha value is -2.08. The fourth-order valence-electron chi connectivity index (χ4n) is 1.74. The molecule has 0 bridgehead atoms. The second-order valence-electron chi connectivity index (χ2n) is 4.14. The van der Waals surface area contributed by atoms with Crippen molar-refractivity contribution in [3.63, 3.8) is 0 Å². The van der Waals surface area contributed by atoms with E-state index in [9.17, 15) is 9.18 Å². The molecule has 0 aliphatic heterocycles. The van der Waals surface area contributed by atoms with Gasteiger partial charge in [-0.2, -0.15) is 5.10 Å². The molecule has 0 fully saturated rings. The summed E-state index contributed by atoms with van der Waals surface area (Å²) in [5.74, 6) is -0.420. The number of benzene rings is 1. The van der Waals surface area contributed by atoms with Crippen molar-refractivity contribution in [1.29, 1.82) is 0 Å². The Morgan fingerprint density at radius 2 is 2.16 bits per heavy atom. The summed E-state index contributed by atoms with van der Waals surface area (Å²) in [5, 5.41) is 4.12. The molecule has 0 spiro atoms. The SMILES string of the molecule is Cc1ccc(=O)n(Cc2ccc(F)cc2C(N)=S)n1. The van der Waals surface area contributed by atoms with Gasteiger partial charge >= 0.3 is 0 Å². The van der Waals surface area contributed by atoms with E-state index in [4.69, 9.17) is 18.0 Å². The first kappa shape index (κ1) is 13.4. The molecule has 0 aliphatic carbocycles. The Morgan fingerprint density at radius 1 is 1.42 bits per heavy atom. The number of hydrogen-bond donors (Lipinski definition) is 1. The maximum absolute atomic E-state index is 13.2. The van der Waals surface area contributed by atoms with Crippen molar-refractivity contribution in [3.8, 4) is 0 Å². The van der Waals surface area contributed by atoms with Gasteiger partial charge in [0, 0.05) is 11.6 Å². The standard InChI is InChI=1S/C13H12FN3OS/c1-8-2-5-12(18)17(16-8)7-9-3-4-10(14)6-11(9)13(15)19/h2-6H,7H2,1H3,(H2,15,19). The number of hydrogen-bond acceptors (Lipinski definition) is 3. The monoisotopic (exact) mass is 277 g/mol. The molecular weight excluding hydrogens is 265 g/mol. The average Bonchev–Trinajstić information content (AvgIpc) is 2.35. The second kappa shape index (κ2) is 5.27. The molecule has 0 unspecified atom stereocenters. The number of rotatable bonds is 3. The molecule has 19 heavy (non-hydrogen) atoms. The van der Waals surface area contributed by atoms with Gasteiger partial charge in [-0.1, -0.05) is 18.3 Å². The van der Waals surface area contributed by atoms with Crippen LogP contribution in [0.1, 0.15) is 16.8 Å². The van der Waals surface area contributed by atoms with Crippen molar-refractivity contribution in [3.05, 3.63) is 63.3 Å². The summed E-state index contributed by atoms with van der Waals surface area (Å²) in [5.41, 5.74) is 7.13. The van der Waals surface area contributed by atoms with Gasteiger partial charge in [-0.15, -0.1) is 0 Å². The molecule has 1 heterocycles. The summed E-state index contributed by atoms with van der Waals surface area (Å²) in [6.07, 6.45) is 0. The van der Waals surface area contributed by atoms with Crippen molar-refractivity contribution < 1.29 is 4.39 Å². The van der Waals surface area contributed by atoms with Crippen molar-refractivity contribution in [1.82, 2.24) is 9.78 Å². The summed E-state index contributed by atoms with van der Waals surface area (Å²) >= 11 is 4.89. The Balaban J connectivity index is 2.46. The van der Waals surface area contributed by atoms with Gasteiger partial charge in [0.15, 0.2) is 0 Å². The second-order valence-corrected chi connectivity index (χ2v) is 4.58. The van der Waals surface area contributed by atoms with Gasteiger partial charge in [-0.25, -0.2) is 9.07 Å². The van der Waals surface area contributed by atoms with Crippen molar-refractivity contribution in [2.24, 2.45) is 5.73 Å². The number of nitrogens with zero attached hydrogens (tertiary/aromatic N) is 2. The van der Waals surface area contributed by atoms with E-state index >= 15 is 0 Å². The third-order valence-corrected chi connectivity index (χ3v) is 2.88. The maximum Gasteiger partial charge on any atom is 0.267 e. The van der Waals surface area contributed by atoms with Gasteiger partial charge in [0.1, 0.15) is 10.8 Å². The maximum atomic E-state index is 13.2. The number of nitrogens with two attached hydrogens (primary N) is 1. The minimum absolute atomic E-state index is 0.0928. The number of halogens is 1. The molecule has 0 saturated heterocycles. The molecule has 2 N–H and O–H groups in total. The van der Waals surface area contributed by atoms with Gasteiger partial charge in [0.25, 0.3) is 5.56 Å². The van der Waals surface area contributed by atoms with E-state index < -0.39 is 5.82 Å². The molecule has 0 radical (unpaired) electrons. The Bertz CT molecular complexity index is 697. The molecule has 0 saturated carbocycles. The van der Waals surface area contributed by atoms with E-state index in [1.807, 2.05) is 0 Å². The predicted octanol–water partition coefficient (Wildman–Crippen LogP) is 1.37. The molecule has 0 amide bonds. The van der Waals surface area contributed by atoms with Crippen LogP contribution < -0.4 is 11.3 Å². The molecule has 0 aliphatic rings. The zero-order valence-corrected chi connectivity index (χ0v) is 11.1. The zero-order chi connectivity index (χ0) is 14.0.